The maximum atomic E-state index is 11.1. The van der Waals surface area contributed by atoms with E-state index in [9.17, 15) is 14.9 Å². The number of ketones is 1. The Morgan fingerprint density at radius 2 is 2.07 bits per heavy atom. The number of nitro groups is 1. The second kappa shape index (κ2) is 4.08. The molecule has 1 aromatic carbocycles. The molecule has 80 valence electrons. The Labute approximate surface area is 86.8 Å². The minimum absolute atomic E-state index is 0.0976. The third-order valence-corrected chi connectivity index (χ3v) is 2.16. The Kier molecular flexibility index (Phi) is 3.04. The van der Waals surface area contributed by atoms with Crippen molar-refractivity contribution in [2.45, 2.75) is 13.8 Å². The number of methoxy groups -OCH3 is 1. The van der Waals surface area contributed by atoms with Gasteiger partial charge < -0.3 is 4.74 Å². The molecule has 1 aromatic rings. The summed E-state index contributed by atoms with van der Waals surface area (Å²) in [6.07, 6.45) is 0. The van der Waals surface area contributed by atoms with Gasteiger partial charge in [0.1, 0.15) is 5.75 Å². The highest BCUT2D eigenvalue weighted by Crippen LogP contribution is 2.29. The van der Waals surface area contributed by atoms with E-state index in [-0.39, 0.29) is 17.0 Å². The van der Waals surface area contributed by atoms with Gasteiger partial charge in [0, 0.05) is 11.6 Å². The van der Waals surface area contributed by atoms with Crippen molar-refractivity contribution in [2.24, 2.45) is 0 Å². The first-order valence-corrected chi connectivity index (χ1v) is 4.31. The van der Waals surface area contributed by atoms with Gasteiger partial charge in [0.2, 0.25) is 0 Å². The lowest BCUT2D eigenvalue weighted by Gasteiger charge is -2.06. The van der Waals surface area contributed by atoms with E-state index in [2.05, 4.69) is 0 Å². The third-order valence-electron chi connectivity index (χ3n) is 2.16. The lowest BCUT2D eigenvalue weighted by atomic mass is 10.1. The molecule has 0 spiro atoms. The van der Waals surface area contributed by atoms with Crippen molar-refractivity contribution in [1.29, 1.82) is 0 Å². The standard InChI is InChI=1S/C10H11NO4/c1-6-9(11(13)14)4-8(7(2)12)5-10(6)15-3/h4-5H,1-3H3. The van der Waals surface area contributed by atoms with Crippen LogP contribution >= 0.6 is 0 Å². The number of rotatable bonds is 3. The molecule has 0 aliphatic heterocycles. The number of nitrogens with zero attached hydrogens (tertiary/aromatic N) is 1. The molecule has 0 N–H and O–H groups in total. The monoisotopic (exact) mass is 209 g/mol. The van der Waals surface area contributed by atoms with Gasteiger partial charge in [-0.3, -0.25) is 14.9 Å². The van der Waals surface area contributed by atoms with E-state index in [0.29, 0.717) is 11.3 Å². The summed E-state index contributed by atoms with van der Waals surface area (Å²) in [5, 5.41) is 10.7. The van der Waals surface area contributed by atoms with Gasteiger partial charge in [-0.25, -0.2) is 0 Å². The molecule has 0 fully saturated rings. The zero-order chi connectivity index (χ0) is 11.6. The predicted molar refractivity (Wildman–Crippen MR) is 54.4 cm³/mol. The van der Waals surface area contributed by atoms with Crippen LogP contribution in [-0.2, 0) is 0 Å². The molecule has 0 amide bonds. The Morgan fingerprint density at radius 1 is 1.47 bits per heavy atom. The molecule has 1 rings (SSSR count). The summed E-state index contributed by atoms with van der Waals surface area (Å²) in [5.74, 6) is 0.130. The summed E-state index contributed by atoms with van der Waals surface area (Å²) in [6.45, 7) is 2.94. The number of hydrogen-bond acceptors (Lipinski definition) is 4. The molecule has 0 saturated heterocycles. The number of carbonyl (C=O) groups excluding carboxylic acids is 1. The first-order chi connectivity index (χ1) is 6.97. The van der Waals surface area contributed by atoms with Crippen molar-refractivity contribution in [1.82, 2.24) is 0 Å². The van der Waals surface area contributed by atoms with Crippen LogP contribution in [0.5, 0.6) is 5.75 Å². The SMILES string of the molecule is COc1cc(C(C)=O)cc([N+](=O)[O-])c1C. The molecule has 0 aliphatic rings. The summed E-state index contributed by atoms with van der Waals surface area (Å²) >= 11 is 0. The number of nitro benzene ring substituents is 1. The van der Waals surface area contributed by atoms with E-state index in [1.54, 1.807) is 6.92 Å². The van der Waals surface area contributed by atoms with Crippen molar-refractivity contribution in [3.05, 3.63) is 33.4 Å². The van der Waals surface area contributed by atoms with E-state index >= 15 is 0 Å². The highest BCUT2D eigenvalue weighted by molar-refractivity contribution is 5.95. The van der Waals surface area contributed by atoms with Gasteiger partial charge in [0.05, 0.1) is 17.6 Å². The highest BCUT2D eigenvalue weighted by atomic mass is 16.6. The minimum atomic E-state index is -0.524. The van der Waals surface area contributed by atoms with Crippen LogP contribution in [0.15, 0.2) is 12.1 Å². The largest absolute Gasteiger partial charge is 0.496 e. The van der Waals surface area contributed by atoms with E-state index < -0.39 is 4.92 Å². The fourth-order valence-corrected chi connectivity index (χ4v) is 1.28. The molecule has 0 radical (unpaired) electrons. The Balaban J connectivity index is 3.45. The van der Waals surface area contributed by atoms with E-state index in [0.717, 1.165) is 0 Å². The lowest BCUT2D eigenvalue weighted by Crippen LogP contribution is -2.00. The number of hydrogen-bond donors (Lipinski definition) is 0. The zero-order valence-corrected chi connectivity index (χ0v) is 8.73. The van der Waals surface area contributed by atoms with Gasteiger partial charge in [-0.2, -0.15) is 0 Å². The summed E-state index contributed by atoms with van der Waals surface area (Å²) in [5.41, 5.74) is 0.608. The molecule has 0 atom stereocenters. The molecule has 5 heteroatoms. The van der Waals surface area contributed by atoms with Crippen molar-refractivity contribution >= 4 is 11.5 Å². The van der Waals surface area contributed by atoms with Crippen LogP contribution in [0.3, 0.4) is 0 Å². The Bertz CT molecular complexity index is 426. The topological polar surface area (TPSA) is 69.4 Å². The molecular weight excluding hydrogens is 198 g/mol. The number of ether oxygens (including phenoxy) is 1. The van der Waals surface area contributed by atoms with Gasteiger partial charge in [0.25, 0.3) is 5.69 Å². The molecule has 15 heavy (non-hydrogen) atoms. The summed E-state index contributed by atoms with van der Waals surface area (Å²) < 4.78 is 4.97. The van der Waals surface area contributed by atoms with Crippen LogP contribution in [0.2, 0.25) is 0 Å². The first-order valence-electron chi connectivity index (χ1n) is 4.31. The van der Waals surface area contributed by atoms with Crippen molar-refractivity contribution in [3.8, 4) is 5.75 Å². The van der Waals surface area contributed by atoms with Gasteiger partial charge >= 0.3 is 0 Å². The average Bonchev–Trinajstić information content (AvgIpc) is 2.17. The van der Waals surface area contributed by atoms with Crippen LogP contribution in [-0.4, -0.2) is 17.8 Å². The summed E-state index contributed by atoms with van der Waals surface area (Å²) in [4.78, 5) is 21.3. The number of benzene rings is 1. The zero-order valence-electron chi connectivity index (χ0n) is 8.73. The molecule has 0 unspecified atom stereocenters. The maximum Gasteiger partial charge on any atom is 0.276 e. The predicted octanol–water partition coefficient (Wildman–Crippen LogP) is 2.11. The second-order valence-electron chi connectivity index (χ2n) is 3.14. The molecule has 0 aromatic heterocycles. The van der Waals surface area contributed by atoms with Crippen molar-refractivity contribution in [3.63, 3.8) is 0 Å². The van der Waals surface area contributed by atoms with E-state index in [1.165, 1.54) is 26.2 Å². The van der Waals surface area contributed by atoms with Crippen LogP contribution < -0.4 is 4.74 Å². The van der Waals surface area contributed by atoms with Crippen molar-refractivity contribution < 1.29 is 14.5 Å². The Morgan fingerprint density at radius 3 is 2.47 bits per heavy atom. The van der Waals surface area contributed by atoms with E-state index in [4.69, 9.17) is 4.74 Å². The fourth-order valence-electron chi connectivity index (χ4n) is 1.28. The molecule has 5 nitrogen and oxygen atoms in total. The van der Waals surface area contributed by atoms with E-state index in [1.807, 2.05) is 0 Å². The lowest BCUT2D eigenvalue weighted by molar-refractivity contribution is -0.385. The normalized spacial score (nSPS) is 9.80. The van der Waals surface area contributed by atoms with Gasteiger partial charge in [-0.1, -0.05) is 0 Å². The van der Waals surface area contributed by atoms with Gasteiger partial charge in [0.15, 0.2) is 5.78 Å². The maximum absolute atomic E-state index is 11.1. The molecule has 0 bridgehead atoms. The van der Waals surface area contributed by atoms with Crippen LogP contribution in [0, 0.1) is 17.0 Å². The van der Waals surface area contributed by atoms with Crippen LogP contribution in [0.4, 0.5) is 5.69 Å². The Hall–Kier alpha value is -1.91. The minimum Gasteiger partial charge on any atom is -0.496 e. The van der Waals surface area contributed by atoms with Crippen LogP contribution in [0.25, 0.3) is 0 Å². The summed E-state index contributed by atoms with van der Waals surface area (Å²) in [7, 11) is 1.41. The van der Waals surface area contributed by atoms with Gasteiger partial charge in [-0.15, -0.1) is 0 Å². The smallest absolute Gasteiger partial charge is 0.276 e. The molecule has 0 heterocycles. The third kappa shape index (κ3) is 2.12. The van der Waals surface area contributed by atoms with Crippen LogP contribution in [0.1, 0.15) is 22.8 Å². The summed E-state index contributed by atoms with van der Waals surface area (Å²) in [6, 6.07) is 2.77. The quantitative estimate of drug-likeness (QED) is 0.434. The number of carbonyl (C=O) groups is 1. The second-order valence-corrected chi connectivity index (χ2v) is 3.14. The van der Waals surface area contributed by atoms with Gasteiger partial charge in [-0.05, 0) is 19.9 Å². The number of Topliss-reactive ketones (excluding diaryl/α,β-unsaturated/α-hetero) is 1. The molecule has 0 aliphatic carbocycles. The molecular formula is C10H11NO4. The fraction of sp³-hybridized carbons (Fsp3) is 0.300. The molecule has 0 saturated carbocycles. The first kappa shape index (κ1) is 11.2. The van der Waals surface area contributed by atoms with Crippen molar-refractivity contribution in [2.75, 3.05) is 7.11 Å². The average molecular weight is 209 g/mol. The highest BCUT2D eigenvalue weighted by Gasteiger charge is 2.18.